The van der Waals surface area contributed by atoms with Crippen LogP contribution >= 0.6 is 0 Å². The first kappa shape index (κ1) is 20.1. The van der Waals surface area contributed by atoms with Crippen molar-refractivity contribution in [2.24, 2.45) is 0 Å². The molecule has 0 aliphatic rings. The average molecular weight is 404 g/mol. The number of para-hydroxylation sites is 2. The Morgan fingerprint density at radius 1 is 1.03 bits per heavy atom. The first-order valence-corrected chi connectivity index (χ1v) is 8.38. The van der Waals surface area contributed by atoms with E-state index < -0.39 is 35.9 Å². The van der Waals surface area contributed by atoms with Crippen molar-refractivity contribution in [1.29, 1.82) is 0 Å². The number of ether oxygens (including phenoxy) is 1. The maximum Gasteiger partial charge on any atom is 0.418 e. The number of carbonyl (C=O) groups is 2. The Kier molecular flexibility index (Phi) is 5.62. The highest BCUT2D eigenvalue weighted by molar-refractivity contribution is 5.95. The number of amides is 1. The van der Waals surface area contributed by atoms with E-state index in [0.29, 0.717) is 5.69 Å². The number of halogens is 3. The van der Waals surface area contributed by atoms with Crippen molar-refractivity contribution in [1.82, 2.24) is 15.0 Å². The Balaban J connectivity index is 1.65. The molecular weight excluding hydrogens is 389 g/mol. The van der Waals surface area contributed by atoms with Crippen LogP contribution in [0.25, 0.3) is 5.69 Å². The first-order valence-electron chi connectivity index (χ1n) is 8.38. The van der Waals surface area contributed by atoms with Gasteiger partial charge in [0.15, 0.2) is 12.3 Å². The molecule has 3 rings (SSSR count). The number of esters is 1. The number of benzene rings is 2. The minimum absolute atomic E-state index is 0.0997. The van der Waals surface area contributed by atoms with Crippen molar-refractivity contribution >= 4 is 17.6 Å². The van der Waals surface area contributed by atoms with Gasteiger partial charge in [0.1, 0.15) is 0 Å². The monoisotopic (exact) mass is 404 g/mol. The molecule has 0 spiro atoms. The van der Waals surface area contributed by atoms with E-state index in [4.69, 9.17) is 4.74 Å². The van der Waals surface area contributed by atoms with Gasteiger partial charge in [-0.2, -0.15) is 23.1 Å². The second-order valence-corrected chi connectivity index (χ2v) is 5.93. The molecule has 29 heavy (non-hydrogen) atoms. The third-order valence-electron chi connectivity index (χ3n) is 3.80. The van der Waals surface area contributed by atoms with E-state index in [1.54, 1.807) is 31.2 Å². The Labute approximate surface area is 163 Å². The Morgan fingerprint density at radius 3 is 2.38 bits per heavy atom. The van der Waals surface area contributed by atoms with Gasteiger partial charge < -0.3 is 10.1 Å². The van der Waals surface area contributed by atoms with Crippen molar-refractivity contribution < 1.29 is 27.5 Å². The second kappa shape index (κ2) is 8.13. The zero-order chi connectivity index (χ0) is 21.0. The van der Waals surface area contributed by atoms with Crippen LogP contribution in [-0.2, 0) is 15.7 Å². The molecule has 1 N–H and O–H groups in total. The van der Waals surface area contributed by atoms with Crippen LogP contribution in [0.3, 0.4) is 0 Å². The van der Waals surface area contributed by atoms with E-state index in [2.05, 4.69) is 15.5 Å². The van der Waals surface area contributed by atoms with E-state index in [1.165, 1.54) is 16.9 Å². The van der Waals surface area contributed by atoms with Crippen molar-refractivity contribution in [3.63, 3.8) is 0 Å². The molecule has 1 aromatic heterocycles. The minimum atomic E-state index is -4.63. The molecule has 7 nitrogen and oxygen atoms in total. The largest absolute Gasteiger partial charge is 0.451 e. The summed E-state index contributed by atoms with van der Waals surface area (Å²) >= 11 is 0. The topological polar surface area (TPSA) is 86.1 Å². The molecule has 0 atom stereocenters. The fourth-order valence-electron chi connectivity index (χ4n) is 2.47. The number of hydrogen-bond donors (Lipinski definition) is 1. The van der Waals surface area contributed by atoms with Crippen LogP contribution in [0.15, 0.2) is 54.6 Å². The lowest BCUT2D eigenvalue weighted by Gasteiger charge is -2.13. The van der Waals surface area contributed by atoms with Crippen LogP contribution in [0.2, 0.25) is 0 Å². The average Bonchev–Trinajstić information content (AvgIpc) is 3.08. The number of anilines is 1. The van der Waals surface area contributed by atoms with Crippen molar-refractivity contribution in [3.05, 3.63) is 71.5 Å². The van der Waals surface area contributed by atoms with Gasteiger partial charge in [-0.05, 0) is 31.2 Å². The number of rotatable bonds is 5. The lowest BCUT2D eigenvalue weighted by Crippen LogP contribution is -2.23. The summed E-state index contributed by atoms with van der Waals surface area (Å²) in [6, 6.07) is 13.3. The van der Waals surface area contributed by atoms with Crippen molar-refractivity contribution in [2.45, 2.75) is 13.1 Å². The predicted octanol–water partition coefficient (Wildman–Crippen LogP) is 3.39. The molecule has 10 heteroatoms. The van der Waals surface area contributed by atoms with Crippen molar-refractivity contribution in [3.8, 4) is 5.69 Å². The molecule has 0 saturated heterocycles. The fourth-order valence-corrected chi connectivity index (χ4v) is 2.47. The standard InChI is InChI=1S/C19H15F3N4O3/c1-12-17(25-26(24-12)13-7-3-2-4-8-13)18(28)29-11-16(27)23-15-10-6-5-9-14(15)19(20,21)22/h2-10H,11H2,1H3,(H,23,27). The summed E-state index contributed by atoms with van der Waals surface area (Å²) in [6.07, 6.45) is -4.63. The van der Waals surface area contributed by atoms with Gasteiger partial charge in [0.25, 0.3) is 5.91 Å². The van der Waals surface area contributed by atoms with E-state index in [0.717, 1.165) is 12.1 Å². The molecule has 1 heterocycles. The summed E-state index contributed by atoms with van der Waals surface area (Å²) in [7, 11) is 0. The SMILES string of the molecule is Cc1nn(-c2ccccc2)nc1C(=O)OCC(=O)Nc1ccccc1C(F)(F)F. The lowest BCUT2D eigenvalue weighted by atomic mass is 10.1. The summed E-state index contributed by atoms with van der Waals surface area (Å²) < 4.78 is 43.8. The Morgan fingerprint density at radius 2 is 1.69 bits per heavy atom. The van der Waals surface area contributed by atoms with Crippen LogP contribution in [-0.4, -0.2) is 33.5 Å². The summed E-state index contributed by atoms with van der Waals surface area (Å²) in [5.41, 5.74) is -0.622. The fraction of sp³-hybridized carbons (Fsp3) is 0.158. The molecule has 2 aromatic carbocycles. The van der Waals surface area contributed by atoms with Gasteiger partial charge in [-0.15, -0.1) is 5.10 Å². The van der Waals surface area contributed by atoms with Crippen LogP contribution < -0.4 is 5.32 Å². The number of aryl methyl sites for hydroxylation is 1. The number of nitrogens with zero attached hydrogens (tertiary/aromatic N) is 3. The maximum absolute atomic E-state index is 13.0. The number of alkyl halides is 3. The molecule has 0 unspecified atom stereocenters. The molecule has 150 valence electrons. The summed E-state index contributed by atoms with van der Waals surface area (Å²) in [6.45, 7) is 0.769. The molecular formula is C19H15F3N4O3. The highest BCUT2D eigenvalue weighted by atomic mass is 19.4. The van der Waals surface area contributed by atoms with Crippen LogP contribution in [0, 0.1) is 6.92 Å². The smallest absolute Gasteiger partial charge is 0.418 e. The molecule has 3 aromatic rings. The highest BCUT2D eigenvalue weighted by Gasteiger charge is 2.33. The molecule has 0 aliphatic heterocycles. The van der Waals surface area contributed by atoms with E-state index in [-0.39, 0.29) is 11.4 Å². The molecule has 0 aliphatic carbocycles. The zero-order valence-corrected chi connectivity index (χ0v) is 15.1. The van der Waals surface area contributed by atoms with Crippen molar-refractivity contribution in [2.75, 3.05) is 11.9 Å². The van der Waals surface area contributed by atoms with Gasteiger partial charge in [0, 0.05) is 0 Å². The number of carbonyl (C=O) groups excluding carboxylic acids is 2. The van der Waals surface area contributed by atoms with Crippen LogP contribution in [0.5, 0.6) is 0 Å². The third-order valence-corrected chi connectivity index (χ3v) is 3.80. The Hall–Kier alpha value is -3.69. The molecule has 0 fully saturated rings. The highest BCUT2D eigenvalue weighted by Crippen LogP contribution is 2.34. The quantitative estimate of drug-likeness (QED) is 0.659. The van der Waals surface area contributed by atoms with Gasteiger partial charge >= 0.3 is 12.1 Å². The van der Waals surface area contributed by atoms with E-state index in [1.807, 2.05) is 6.07 Å². The van der Waals surface area contributed by atoms with Gasteiger partial charge in [-0.1, -0.05) is 30.3 Å². The molecule has 0 bridgehead atoms. The number of aromatic nitrogens is 3. The number of hydrogen-bond acceptors (Lipinski definition) is 5. The van der Waals surface area contributed by atoms with E-state index >= 15 is 0 Å². The summed E-state index contributed by atoms with van der Waals surface area (Å²) in [5.74, 6) is -1.83. The zero-order valence-electron chi connectivity index (χ0n) is 15.1. The minimum Gasteiger partial charge on any atom is -0.451 e. The lowest BCUT2D eigenvalue weighted by molar-refractivity contribution is -0.137. The van der Waals surface area contributed by atoms with Gasteiger partial charge in [0.05, 0.1) is 22.6 Å². The Bertz CT molecular complexity index is 1030. The van der Waals surface area contributed by atoms with Gasteiger partial charge in [-0.3, -0.25) is 4.79 Å². The maximum atomic E-state index is 13.0. The molecule has 1 amide bonds. The second-order valence-electron chi connectivity index (χ2n) is 5.93. The number of nitrogens with one attached hydrogen (secondary N) is 1. The predicted molar refractivity (Wildman–Crippen MR) is 96.5 cm³/mol. The normalized spacial score (nSPS) is 11.2. The van der Waals surface area contributed by atoms with Crippen LogP contribution in [0.4, 0.5) is 18.9 Å². The van der Waals surface area contributed by atoms with Gasteiger partial charge in [-0.25, -0.2) is 4.79 Å². The van der Waals surface area contributed by atoms with Gasteiger partial charge in [0.2, 0.25) is 0 Å². The van der Waals surface area contributed by atoms with Crippen LogP contribution in [0.1, 0.15) is 21.7 Å². The first-order chi connectivity index (χ1) is 13.8. The summed E-state index contributed by atoms with van der Waals surface area (Å²) in [4.78, 5) is 25.4. The van der Waals surface area contributed by atoms with E-state index in [9.17, 15) is 22.8 Å². The molecule has 0 radical (unpaired) electrons. The molecule has 0 saturated carbocycles. The summed E-state index contributed by atoms with van der Waals surface area (Å²) in [5, 5.41) is 10.2. The third kappa shape index (κ3) is 4.78.